The minimum Gasteiger partial charge on any atom is -0.367 e. The van der Waals surface area contributed by atoms with Crippen molar-refractivity contribution < 1.29 is 9.53 Å². The largest absolute Gasteiger partial charge is 0.367 e. The highest BCUT2D eigenvalue weighted by atomic mass is 16.5. The molecule has 118 valence electrons. The predicted octanol–water partition coefficient (Wildman–Crippen LogP) is 3.85. The summed E-state index contributed by atoms with van der Waals surface area (Å²) >= 11 is 0. The lowest BCUT2D eigenvalue weighted by molar-refractivity contribution is -0.0585. The molecule has 0 aromatic carbocycles. The Bertz CT molecular complexity index is 481. The number of aromatic nitrogens is 2. The second-order valence-electron chi connectivity index (χ2n) is 6.86. The molecule has 0 unspecified atom stereocenters. The number of carbonyl (C=O) groups excluding carboxylic acids is 1. The summed E-state index contributed by atoms with van der Waals surface area (Å²) in [7, 11) is 0. The molecule has 1 aromatic rings. The SMILES string of the molecule is CCCn1nccc1C(=O)C1(OCC)CCC(C)(C)CC1. The van der Waals surface area contributed by atoms with Crippen LogP contribution in [-0.4, -0.2) is 27.8 Å². The zero-order valence-electron chi connectivity index (χ0n) is 13.8. The van der Waals surface area contributed by atoms with Crippen molar-refractivity contribution >= 4 is 5.78 Å². The van der Waals surface area contributed by atoms with Gasteiger partial charge in [-0.15, -0.1) is 0 Å². The van der Waals surface area contributed by atoms with Crippen LogP contribution in [0.4, 0.5) is 0 Å². The van der Waals surface area contributed by atoms with Crippen LogP contribution < -0.4 is 0 Å². The first kappa shape index (κ1) is 16.2. The van der Waals surface area contributed by atoms with E-state index < -0.39 is 5.60 Å². The first-order valence-corrected chi connectivity index (χ1v) is 8.15. The molecular formula is C17H28N2O2. The molecule has 1 aromatic heterocycles. The lowest BCUT2D eigenvalue weighted by atomic mass is 9.69. The molecule has 0 amide bonds. The van der Waals surface area contributed by atoms with Gasteiger partial charge in [0.05, 0.1) is 0 Å². The van der Waals surface area contributed by atoms with Gasteiger partial charge < -0.3 is 4.74 Å². The second-order valence-corrected chi connectivity index (χ2v) is 6.86. The molecule has 1 fully saturated rings. The molecule has 0 radical (unpaired) electrons. The van der Waals surface area contributed by atoms with Crippen LogP contribution >= 0.6 is 0 Å². The Kier molecular flexibility index (Phi) is 4.87. The number of ketones is 1. The predicted molar refractivity (Wildman–Crippen MR) is 83.5 cm³/mol. The lowest BCUT2D eigenvalue weighted by Gasteiger charge is -2.42. The third-order valence-corrected chi connectivity index (χ3v) is 4.63. The van der Waals surface area contributed by atoms with Crippen LogP contribution in [0.25, 0.3) is 0 Å². The van der Waals surface area contributed by atoms with Gasteiger partial charge in [0.15, 0.2) is 0 Å². The van der Waals surface area contributed by atoms with Gasteiger partial charge in [-0.25, -0.2) is 0 Å². The molecule has 21 heavy (non-hydrogen) atoms. The third-order valence-electron chi connectivity index (χ3n) is 4.63. The number of aryl methyl sites for hydroxylation is 1. The molecule has 0 bridgehead atoms. The molecule has 4 nitrogen and oxygen atoms in total. The summed E-state index contributed by atoms with van der Waals surface area (Å²) in [5, 5.41) is 4.28. The van der Waals surface area contributed by atoms with Crippen molar-refractivity contribution in [2.75, 3.05) is 6.61 Å². The van der Waals surface area contributed by atoms with Gasteiger partial charge in [-0.2, -0.15) is 5.10 Å². The number of ether oxygens (including phenoxy) is 1. The smallest absolute Gasteiger partial charge is 0.212 e. The van der Waals surface area contributed by atoms with Crippen LogP contribution in [0.2, 0.25) is 0 Å². The minimum absolute atomic E-state index is 0.116. The van der Waals surface area contributed by atoms with E-state index in [2.05, 4.69) is 25.9 Å². The molecule has 1 aliphatic carbocycles. The van der Waals surface area contributed by atoms with Crippen LogP contribution in [0, 0.1) is 5.41 Å². The fraction of sp³-hybridized carbons (Fsp3) is 0.765. The molecule has 2 rings (SSSR count). The Labute approximate surface area is 127 Å². The maximum absolute atomic E-state index is 13.1. The Balaban J connectivity index is 2.25. The van der Waals surface area contributed by atoms with Crippen molar-refractivity contribution in [2.24, 2.45) is 5.41 Å². The van der Waals surface area contributed by atoms with Crippen molar-refractivity contribution in [3.05, 3.63) is 18.0 Å². The van der Waals surface area contributed by atoms with Gasteiger partial charge in [0.1, 0.15) is 11.3 Å². The normalized spacial score (nSPS) is 20.4. The van der Waals surface area contributed by atoms with Gasteiger partial charge >= 0.3 is 0 Å². The fourth-order valence-electron chi connectivity index (χ4n) is 3.19. The summed E-state index contributed by atoms with van der Waals surface area (Å²) in [5.74, 6) is 0.116. The van der Waals surface area contributed by atoms with Crippen molar-refractivity contribution in [2.45, 2.75) is 71.9 Å². The number of Topliss-reactive ketones (excluding diaryl/α,β-unsaturated/α-hetero) is 1. The van der Waals surface area contributed by atoms with E-state index in [1.165, 1.54) is 0 Å². The number of hydrogen-bond acceptors (Lipinski definition) is 3. The highest BCUT2D eigenvalue weighted by molar-refractivity contribution is 6.01. The summed E-state index contributed by atoms with van der Waals surface area (Å²) in [6.07, 6.45) is 6.36. The highest BCUT2D eigenvalue weighted by Gasteiger charge is 2.45. The summed E-state index contributed by atoms with van der Waals surface area (Å²) in [6, 6.07) is 1.83. The minimum atomic E-state index is -0.643. The topological polar surface area (TPSA) is 44.1 Å². The summed E-state index contributed by atoms with van der Waals surface area (Å²) in [5.41, 5.74) is 0.366. The zero-order chi connectivity index (χ0) is 15.5. The first-order valence-electron chi connectivity index (χ1n) is 8.15. The Morgan fingerprint density at radius 1 is 1.29 bits per heavy atom. The van der Waals surface area contributed by atoms with E-state index in [9.17, 15) is 4.79 Å². The van der Waals surface area contributed by atoms with E-state index in [-0.39, 0.29) is 5.78 Å². The fourth-order valence-corrected chi connectivity index (χ4v) is 3.19. The Hall–Kier alpha value is -1.16. The number of hydrogen-bond donors (Lipinski definition) is 0. The van der Waals surface area contributed by atoms with Crippen molar-refractivity contribution in [1.29, 1.82) is 0 Å². The number of carbonyl (C=O) groups is 1. The Morgan fingerprint density at radius 2 is 1.95 bits per heavy atom. The van der Waals surface area contributed by atoms with E-state index in [0.29, 0.717) is 17.7 Å². The second kappa shape index (κ2) is 6.30. The van der Waals surface area contributed by atoms with Gasteiger partial charge in [-0.05, 0) is 50.5 Å². The summed E-state index contributed by atoms with van der Waals surface area (Å²) in [6.45, 7) is 9.97. The zero-order valence-corrected chi connectivity index (χ0v) is 13.8. The van der Waals surface area contributed by atoms with Gasteiger partial charge in [0.25, 0.3) is 0 Å². The number of rotatable bonds is 6. The quantitative estimate of drug-likeness (QED) is 0.748. The number of nitrogens with zero attached hydrogens (tertiary/aromatic N) is 2. The monoisotopic (exact) mass is 292 g/mol. The van der Waals surface area contributed by atoms with Crippen molar-refractivity contribution in [1.82, 2.24) is 9.78 Å². The molecule has 0 aliphatic heterocycles. The van der Waals surface area contributed by atoms with Crippen LogP contribution in [0.15, 0.2) is 12.3 Å². The average molecular weight is 292 g/mol. The molecule has 4 heteroatoms. The molecule has 0 N–H and O–H groups in total. The van der Waals surface area contributed by atoms with Gasteiger partial charge in [-0.1, -0.05) is 20.8 Å². The molecular weight excluding hydrogens is 264 g/mol. The van der Waals surface area contributed by atoms with Crippen molar-refractivity contribution in [3.8, 4) is 0 Å². The molecule has 1 saturated carbocycles. The molecule has 1 aliphatic rings. The summed E-state index contributed by atoms with van der Waals surface area (Å²) < 4.78 is 7.81. The standard InChI is InChI=1S/C17H28N2O2/c1-5-13-19-14(7-12-18-19)15(20)17(21-6-2)10-8-16(3,4)9-11-17/h7,12H,5-6,8-11,13H2,1-4H3. The van der Waals surface area contributed by atoms with E-state index in [1.807, 2.05) is 17.7 Å². The maximum atomic E-state index is 13.1. The molecule has 1 heterocycles. The average Bonchev–Trinajstić information content (AvgIpc) is 2.89. The van der Waals surface area contributed by atoms with Gasteiger partial charge in [0.2, 0.25) is 5.78 Å². The van der Waals surface area contributed by atoms with Crippen LogP contribution in [0.5, 0.6) is 0 Å². The highest BCUT2D eigenvalue weighted by Crippen LogP contribution is 2.43. The lowest BCUT2D eigenvalue weighted by Crippen LogP contribution is -2.47. The van der Waals surface area contributed by atoms with Crippen LogP contribution in [-0.2, 0) is 11.3 Å². The van der Waals surface area contributed by atoms with Gasteiger partial charge in [-0.3, -0.25) is 9.48 Å². The first-order chi connectivity index (χ1) is 9.94. The van der Waals surface area contributed by atoms with Gasteiger partial charge in [0, 0.05) is 19.3 Å². The van der Waals surface area contributed by atoms with E-state index in [1.54, 1.807) is 6.20 Å². The van der Waals surface area contributed by atoms with E-state index in [0.717, 1.165) is 38.6 Å². The van der Waals surface area contributed by atoms with Crippen molar-refractivity contribution in [3.63, 3.8) is 0 Å². The van der Waals surface area contributed by atoms with Crippen LogP contribution in [0.1, 0.15) is 70.3 Å². The molecule has 0 saturated heterocycles. The molecule has 0 spiro atoms. The maximum Gasteiger partial charge on any atom is 0.212 e. The van der Waals surface area contributed by atoms with E-state index in [4.69, 9.17) is 4.74 Å². The van der Waals surface area contributed by atoms with E-state index >= 15 is 0 Å². The Morgan fingerprint density at radius 3 is 2.52 bits per heavy atom. The third kappa shape index (κ3) is 3.37. The van der Waals surface area contributed by atoms with Crippen LogP contribution in [0.3, 0.4) is 0 Å². The summed E-state index contributed by atoms with van der Waals surface area (Å²) in [4.78, 5) is 13.1. The molecule has 0 atom stereocenters.